The minimum absolute atomic E-state index is 0.0152. The zero-order valence-corrected chi connectivity index (χ0v) is 15.6. The van der Waals surface area contributed by atoms with Crippen molar-refractivity contribution in [2.45, 2.75) is 31.1 Å². The first kappa shape index (κ1) is 19.3. The summed E-state index contributed by atoms with van der Waals surface area (Å²) in [4.78, 5) is 11.5. The van der Waals surface area contributed by atoms with E-state index in [0.717, 1.165) is 5.56 Å². The van der Waals surface area contributed by atoms with Gasteiger partial charge in [-0.2, -0.15) is 8.42 Å². The Balaban J connectivity index is 2.19. The minimum Gasteiger partial charge on any atom is -0.379 e. The van der Waals surface area contributed by atoms with Crippen molar-refractivity contribution in [1.82, 2.24) is 0 Å². The zero-order valence-electron chi connectivity index (χ0n) is 14.0. The average molecular weight is 382 g/mol. The molecule has 0 bridgehead atoms. The molecule has 0 aliphatic rings. The molecular formula is C18H20ClNO4S. The second kappa shape index (κ2) is 8.36. The lowest BCUT2D eigenvalue weighted by Gasteiger charge is -2.13. The van der Waals surface area contributed by atoms with Gasteiger partial charge in [0.2, 0.25) is 5.91 Å². The van der Waals surface area contributed by atoms with Gasteiger partial charge in [0, 0.05) is 18.0 Å². The predicted octanol–water partition coefficient (Wildman–Crippen LogP) is 4.15. The molecule has 0 saturated heterocycles. The number of para-hydroxylation sites is 1. The van der Waals surface area contributed by atoms with E-state index in [1.165, 1.54) is 24.3 Å². The Kier molecular flexibility index (Phi) is 6.45. The van der Waals surface area contributed by atoms with Crippen LogP contribution >= 0.6 is 11.6 Å². The van der Waals surface area contributed by atoms with Crippen molar-refractivity contribution >= 4 is 33.3 Å². The van der Waals surface area contributed by atoms with Crippen molar-refractivity contribution in [3.05, 3.63) is 54.1 Å². The number of halogens is 1. The van der Waals surface area contributed by atoms with Gasteiger partial charge in [-0.15, -0.1) is 11.6 Å². The lowest BCUT2D eigenvalue weighted by molar-refractivity contribution is -0.115. The molecule has 7 heteroatoms. The van der Waals surface area contributed by atoms with E-state index in [-0.39, 0.29) is 29.0 Å². The molecule has 2 aromatic carbocycles. The molecule has 0 saturated carbocycles. The van der Waals surface area contributed by atoms with Crippen LogP contribution in [0.5, 0.6) is 5.75 Å². The summed E-state index contributed by atoms with van der Waals surface area (Å²) in [6, 6.07) is 12.8. The molecule has 0 spiro atoms. The van der Waals surface area contributed by atoms with E-state index in [0.29, 0.717) is 11.4 Å². The quantitative estimate of drug-likeness (QED) is 0.577. The SMILES string of the molecule is CC(C)c1ccccc1OS(=O)(=O)c1ccc(NC(=O)CCCl)cc1. The molecule has 0 atom stereocenters. The number of nitrogens with one attached hydrogen (secondary N) is 1. The standard InChI is InChI=1S/C18H20ClNO4S/c1-13(2)16-5-3-4-6-17(16)24-25(22,23)15-9-7-14(8-10-15)20-18(21)11-12-19/h3-10,13H,11-12H2,1-2H3,(H,20,21). The highest BCUT2D eigenvalue weighted by molar-refractivity contribution is 7.87. The van der Waals surface area contributed by atoms with E-state index in [1.807, 2.05) is 26.0 Å². The van der Waals surface area contributed by atoms with Crippen molar-refractivity contribution in [3.63, 3.8) is 0 Å². The van der Waals surface area contributed by atoms with Crippen LogP contribution in [0.25, 0.3) is 0 Å². The normalized spacial score (nSPS) is 11.4. The first-order valence-corrected chi connectivity index (χ1v) is 9.77. The smallest absolute Gasteiger partial charge is 0.339 e. The molecule has 0 fully saturated rings. The topological polar surface area (TPSA) is 72.5 Å². The first-order valence-electron chi connectivity index (χ1n) is 7.83. The van der Waals surface area contributed by atoms with Crippen LogP contribution in [0, 0.1) is 0 Å². The molecule has 0 aliphatic heterocycles. The van der Waals surface area contributed by atoms with E-state index < -0.39 is 10.1 Å². The Morgan fingerprint density at radius 1 is 1.12 bits per heavy atom. The Labute approximate surface area is 153 Å². The summed E-state index contributed by atoms with van der Waals surface area (Å²) in [5.74, 6) is 0.442. The van der Waals surface area contributed by atoms with Crippen LogP contribution in [-0.2, 0) is 14.9 Å². The van der Waals surface area contributed by atoms with Crippen LogP contribution in [0.4, 0.5) is 5.69 Å². The summed E-state index contributed by atoms with van der Waals surface area (Å²) >= 11 is 5.50. The number of amides is 1. The van der Waals surface area contributed by atoms with Gasteiger partial charge in [-0.25, -0.2) is 0 Å². The Bertz CT molecular complexity index is 832. The van der Waals surface area contributed by atoms with E-state index in [2.05, 4.69) is 5.32 Å². The van der Waals surface area contributed by atoms with Crippen LogP contribution in [-0.4, -0.2) is 20.2 Å². The molecule has 0 aliphatic carbocycles. The van der Waals surface area contributed by atoms with Crippen LogP contribution < -0.4 is 9.50 Å². The lowest BCUT2D eigenvalue weighted by Crippen LogP contribution is -2.13. The van der Waals surface area contributed by atoms with Crippen LogP contribution in [0.3, 0.4) is 0 Å². The molecule has 1 amide bonds. The number of carbonyl (C=O) groups excluding carboxylic acids is 1. The second-order valence-electron chi connectivity index (χ2n) is 5.74. The fourth-order valence-electron chi connectivity index (χ4n) is 2.21. The number of carbonyl (C=O) groups is 1. The number of hydrogen-bond donors (Lipinski definition) is 1. The maximum absolute atomic E-state index is 12.5. The maximum Gasteiger partial charge on any atom is 0.339 e. The van der Waals surface area contributed by atoms with Gasteiger partial charge in [-0.05, 0) is 41.8 Å². The Morgan fingerprint density at radius 2 is 1.76 bits per heavy atom. The molecule has 134 valence electrons. The second-order valence-corrected chi connectivity index (χ2v) is 7.67. The third kappa shape index (κ3) is 5.21. The third-order valence-corrected chi connectivity index (χ3v) is 4.93. The number of benzene rings is 2. The monoisotopic (exact) mass is 381 g/mol. The van der Waals surface area contributed by atoms with Crippen molar-refractivity contribution in [2.75, 3.05) is 11.2 Å². The summed E-state index contributed by atoms with van der Waals surface area (Å²) in [5.41, 5.74) is 1.31. The highest BCUT2D eigenvalue weighted by atomic mass is 35.5. The first-order chi connectivity index (χ1) is 11.8. The lowest BCUT2D eigenvalue weighted by atomic mass is 10.0. The number of rotatable bonds is 7. The summed E-state index contributed by atoms with van der Waals surface area (Å²) in [7, 11) is -3.96. The predicted molar refractivity (Wildman–Crippen MR) is 98.8 cm³/mol. The van der Waals surface area contributed by atoms with E-state index in [9.17, 15) is 13.2 Å². The van der Waals surface area contributed by atoms with Crippen LogP contribution in [0.1, 0.15) is 31.7 Å². The Morgan fingerprint density at radius 3 is 2.36 bits per heavy atom. The highest BCUT2D eigenvalue weighted by Gasteiger charge is 2.19. The summed E-state index contributed by atoms with van der Waals surface area (Å²) < 4.78 is 30.3. The molecule has 1 N–H and O–H groups in total. The molecule has 0 radical (unpaired) electrons. The van der Waals surface area contributed by atoms with Crippen molar-refractivity contribution < 1.29 is 17.4 Å². The molecule has 0 unspecified atom stereocenters. The fraction of sp³-hybridized carbons (Fsp3) is 0.278. The number of anilines is 1. The van der Waals surface area contributed by atoms with Gasteiger partial charge >= 0.3 is 10.1 Å². The van der Waals surface area contributed by atoms with Crippen LogP contribution in [0.2, 0.25) is 0 Å². The molecular weight excluding hydrogens is 362 g/mol. The van der Waals surface area contributed by atoms with Crippen molar-refractivity contribution in [2.24, 2.45) is 0 Å². The number of alkyl halides is 1. The highest BCUT2D eigenvalue weighted by Crippen LogP contribution is 2.28. The molecule has 5 nitrogen and oxygen atoms in total. The van der Waals surface area contributed by atoms with Gasteiger partial charge in [-0.3, -0.25) is 4.79 Å². The van der Waals surface area contributed by atoms with Crippen molar-refractivity contribution in [1.29, 1.82) is 0 Å². The van der Waals surface area contributed by atoms with Crippen molar-refractivity contribution in [3.8, 4) is 5.75 Å². The molecule has 25 heavy (non-hydrogen) atoms. The van der Waals surface area contributed by atoms with Gasteiger partial charge in [0.25, 0.3) is 0 Å². The third-order valence-electron chi connectivity index (χ3n) is 3.49. The van der Waals surface area contributed by atoms with Gasteiger partial charge in [0.05, 0.1) is 0 Å². The molecule has 2 rings (SSSR count). The average Bonchev–Trinajstić information content (AvgIpc) is 2.55. The summed E-state index contributed by atoms with van der Waals surface area (Å²) in [6.07, 6.45) is 0.191. The number of hydrogen-bond acceptors (Lipinski definition) is 4. The van der Waals surface area contributed by atoms with E-state index in [4.69, 9.17) is 15.8 Å². The fourth-order valence-corrected chi connectivity index (χ4v) is 3.34. The van der Waals surface area contributed by atoms with Gasteiger partial charge in [0.1, 0.15) is 10.6 Å². The minimum atomic E-state index is -3.96. The van der Waals surface area contributed by atoms with E-state index >= 15 is 0 Å². The van der Waals surface area contributed by atoms with Gasteiger partial charge in [0.15, 0.2) is 0 Å². The molecule has 0 aromatic heterocycles. The van der Waals surface area contributed by atoms with Gasteiger partial charge in [-0.1, -0.05) is 32.0 Å². The largest absolute Gasteiger partial charge is 0.379 e. The molecule has 2 aromatic rings. The Hall–Kier alpha value is -2.05. The molecule has 0 heterocycles. The maximum atomic E-state index is 12.5. The van der Waals surface area contributed by atoms with Crippen LogP contribution in [0.15, 0.2) is 53.4 Å². The summed E-state index contributed by atoms with van der Waals surface area (Å²) in [5, 5.41) is 2.64. The summed E-state index contributed by atoms with van der Waals surface area (Å²) in [6.45, 7) is 3.93. The zero-order chi connectivity index (χ0) is 18.4. The van der Waals surface area contributed by atoms with Gasteiger partial charge < -0.3 is 9.50 Å². The van der Waals surface area contributed by atoms with E-state index in [1.54, 1.807) is 12.1 Å².